The van der Waals surface area contributed by atoms with Crippen molar-refractivity contribution < 1.29 is 9.26 Å². The van der Waals surface area contributed by atoms with Gasteiger partial charge in [0.1, 0.15) is 6.10 Å². The summed E-state index contributed by atoms with van der Waals surface area (Å²) in [6, 6.07) is 0. The Morgan fingerprint density at radius 1 is 1.53 bits per heavy atom. The molecule has 1 heterocycles. The number of hydrogen-bond acceptors (Lipinski definition) is 5. The summed E-state index contributed by atoms with van der Waals surface area (Å²) >= 11 is 0. The Kier molecular flexibility index (Phi) is 3.79. The summed E-state index contributed by atoms with van der Waals surface area (Å²) in [5.74, 6) is 1.34. The number of methoxy groups -OCH3 is 1. The van der Waals surface area contributed by atoms with Crippen molar-refractivity contribution in [2.45, 2.75) is 45.1 Å². The Bertz CT molecular complexity index is 351. The van der Waals surface area contributed by atoms with Gasteiger partial charge in [-0.2, -0.15) is 4.98 Å². The molecule has 5 heteroatoms. The molecule has 96 valence electrons. The third-order valence-electron chi connectivity index (χ3n) is 3.80. The topological polar surface area (TPSA) is 74.2 Å². The molecule has 0 bridgehead atoms. The SMILES string of the molecule is CCC(OC)c1noc(CC2(CN)CCC2)n1. The molecule has 0 aliphatic heterocycles. The zero-order chi connectivity index (χ0) is 12.3. The van der Waals surface area contributed by atoms with Crippen LogP contribution in [0.5, 0.6) is 0 Å². The Morgan fingerprint density at radius 2 is 2.29 bits per heavy atom. The highest BCUT2D eigenvalue weighted by Crippen LogP contribution is 2.42. The lowest BCUT2D eigenvalue weighted by atomic mass is 9.67. The summed E-state index contributed by atoms with van der Waals surface area (Å²) in [6.45, 7) is 2.74. The fraction of sp³-hybridized carbons (Fsp3) is 0.833. The van der Waals surface area contributed by atoms with Crippen LogP contribution in [0.4, 0.5) is 0 Å². The van der Waals surface area contributed by atoms with E-state index < -0.39 is 0 Å². The second kappa shape index (κ2) is 5.14. The summed E-state index contributed by atoms with van der Waals surface area (Å²) in [6.07, 6.45) is 5.18. The van der Waals surface area contributed by atoms with Gasteiger partial charge in [0.25, 0.3) is 0 Å². The largest absolute Gasteiger partial charge is 0.373 e. The van der Waals surface area contributed by atoms with E-state index in [-0.39, 0.29) is 11.5 Å². The van der Waals surface area contributed by atoms with Gasteiger partial charge in [-0.25, -0.2) is 0 Å². The average Bonchev–Trinajstić information content (AvgIpc) is 2.74. The van der Waals surface area contributed by atoms with Gasteiger partial charge in [-0.3, -0.25) is 0 Å². The molecule has 0 radical (unpaired) electrons. The molecule has 1 saturated carbocycles. The summed E-state index contributed by atoms with van der Waals surface area (Å²) in [5.41, 5.74) is 6.03. The number of rotatable bonds is 6. The Labute approximate surface area is 102 Å². The first kappa shape index (κ1) is 12.5. The van der Waals surface area contributed by atoms with Crippen molar-refractivity contribution in [2.75, 3.05) is 13.7 Å². The van der Waals surface area contributed by atoms with Gasteiger partial charge < -0.3 is 15.0 Å². The molecule has 1 fully saturated rings. The molecule has 1 aromatic rings. The van der Waals surface area contributed by atoms with Crippen LogP contribution in [-0.2, 0) is 11.2 Å². The van der Waals surface area contributed by atoms with E-state index >= 15 is 0 Å². The van der Waals surface area contributed by atoms with Crippen LogP contribution in [0.15, 0.2) is 4.52 Å². The van der Waals surface area contributed by atoms with Crippen LogP contribution >= 0.6 is 0 Å². The molecular formula is C12H21N3O2. The van der Waals surface area contributed by atoms with Gasteiger partial charge in [0, 0.05) is 13.5 Å². The first-order valence-corrected chi connectivity index (χ1v) is 6.28. The van der Waals surface area contributed by atoms with Gasteiger partial charge >= 0.3 is 0 Å². The minimum absolute atomic E-state index is 0.0669. The highest BCUT2D eigenvalue weighted by atomic mass is 16.5. The minimum Gasteiger partial charge on any atom is -0.373 e. The van der Waals surface area contributed by atoms with Crippen molar-refractivity contribution >= 4 is 0 Å². The number of hydrogen-bond donors (Lipinski definition) is 1. The normalized spacial score (nSPS) is 19.9. The zero-order valence-electron chi connectivity index (χ0n) is 10.6. The van der Waals surface area contributed by atoms with Crippen molar-refractivity contribution in [2.24, 2.45) is 11.1 Å². The Hall–Kier alpha value is -0.940. The standard InChI is InChI=1S/C12H21N3O2/c1-3-9(16-2)11-14-10(17-15-11)7-12(8-13)5-4-6-12/h9H,3-8,13H2,1-2H3. The van der Waals surface area contributed by atoms with Crippen molar-refractivity contribution in [3.63, 3.8) is 0 Å². The number of nitrogens with zero attached hydrogens (tertiary/aromatic N) is 2. The third kappa shape index (κ3) is 2.50. The lowest BCUT2D eigenvalue weighted by Gasteiger charge is -2.39. The maximum absolute atomic E-state index is 5.82. The zero-order valence-corrected chi connectivity index (χ0v) is 10.6. The van der Waals surface area contributed by atoms with E-state index in [4.69, 9.17) is 15.0 Å². The molecule has 0 spiro atoms. The van der Waals surface area contributed by atoms with E-state index in [0.29, 0.717) is 18.3 Å². The molecule has 0 saturated heterocycles. The second-order valence-corrected chi connectivity index (χ2v) is 4.91. The molecular weight excluding hydrogens is 218 g/mol. The molecule has 0 amide bonds. The molecule has 2 rings (SSSR count). The quantitative estimate of drug-likeness (QED) is 0.819. The smallest absolute Gasteiger partial charge is 0.227 e. The highest BCUT2D eigenvalue weighted by molar-refractivity contribution is 4.99. The summed E-state index contributed by atoms with van der Waals surface area (Å²) in [7, 11) is 1.66. The molecule has 1 aliphatic rings. The van der Waals surface area contributed by atoms with E-state index in [9.17, 15) is 0 Å². The van der Waals surface area contributed by atoms with Gasteiger partial charge in [0.2, 0.25) is 11.7 Å². The number of nitrogens with two attached hydrogens (primary N) is 1. The van der Waals surface area contributed by atoms with Crippen molar-refractivity contribution in [1.82, 2.24) is 10.1 Å². The fourth-order valence-corrected chi connectivity index (χ4v) is 2.38. The summed E-state index contributed by atoms with van der Waals surface area (Å²) in [5, 5.41) is 3.98. The molecule has 1 aromatic heterocycles. The van der Waals surface area contributed by atoms with E-state index in [2.05, 4.69) is 10.1 Å². The van der Waals surface area contributed by atoms with Gasteiger partial charge in [-0.15, -0.1) is 0 Å². The van der Waals surface area contributed by atoms with Gasteiger partial charge in [-0.05, 0) is 31.2 Å². The molecule has 17 heavy (non-hydrogen) atoms. The lowest BCUT2D eigenvalue weighted by molar-refractivity contribution is 0.0903. The van der Waals surface area contributed by atoms with E-state index in [0.717, 1.165) is 12.8 Å². The van der Waals surface area contributed by atoms with Crippen LogP contribution < -0.4 is 5.73 Å². The van der Waals surface area contributed by atoms with E-state index in [1.165, 1.54) is 19.3 Å². The predicted octanol–water partition coefficient (Wildman–Crippen LogP) is 1.84. The fourth-order valence-electron chi connectivity index (χ4n) is 2.38. The molecule has 5 nitrogen and oxygen atoms in total. The highest BCUT2D eigenvalue weighted by Gasteiger charge is 2.37. The molecule has 2 N–H and O–H groups in total. The van der Waals surface area contributed by atoms with Gasteiger partial charge in [0.05, 0.1) is 0 Å². The molecule has 1 aliphatic carbocycles. The van der Waals surface area contributed by atoms with E-state index in [1.807, 2.05) is 6.92 Å². The number of aromatic nitrogens is 2. The molecule has 1 atom stereocenters. The van der Waals surface area contributed by atoms with Crippen LogP contribution in [0, 0.1) is 5.41 Å². The maximum atomic E-state index is 5.82. The van der Waals surface area contributed by atoms with Crippen LogP contribution in [0.2, 0.25) is 0 Å². The van der Waals surface area contributed by atoms with E-state index in [1.54, 1.807) is 7.11 Å². The van der Waals surface area contributed by atoms with Crippen LogP contribution in [0.3, 0.4) is 0 Å². The summed E-state index contributed by atoms with van der Waals surface area (Å²) in [4.78, 5) is 4.41. The Balaban J connectivity index is 2.03. The number of ether oxygens (including phenoxy) is 1. The molecule has 0 aromatic carbocycles. The monoisotopic (exact) mass is 239 g/mol. The van der Waals surface area contributed by atoms with Gasteiger partial charge in [0.15, 0.2) is 0 Å². The first-order valence-electron chi connectivity index (χ1n) is 6.28. The summed E-state index contributed by atoms with van der Waals surface area (Å²) < 4.78 is 10.6. The molecule has 1 unspecified atom stereocenters. The first-order chi connectivity index (χ1) is 8.23. The van der Waals surface area contributed by atoms with Crippen molar-refractivity contribution in [1.29, 1.82) is 0 Å². The van der Waals surface area contributed by atoms with Crippen molar-refractivity contribution in [3.05, 3.63) is 11.7 Å². The van der Waals surface area contributed by atoms with Gasteiger partial charge in [-0.1, -0.05) is 18.5 Å². The van der Waals surface area contributed by atoms with Crippen LogP contribution in [0.25, 0.3) is 0 Å². The predicted molar refractivity (Wildman–Crippen MR) is 63.4 cm³/mol. The van der Waals surface area contributed by atoms with Crippen LogP contribution in [0.1, 0.15) is 50.4 Å². The van der Waals surface area contributed by atoms with Crippen molar-refractivity contribution in [3.8, 4) is 0 Å². The average molecular weight is 239 g/mol. The van der Waals surface area contributed by atoms with Crippen LogP contribution in [-0.4, -0.2) is 23.8 Å². The maximum Gasteiger partial charge on any atom is 0.227 e. The third-order valence-corrected chi connectivity index (χ3v) is 3.80. The Morgan fingerprint density at radius 3 is 2.76 bits per heavy atom. The second-order valence-electron chi connectivity index (χ2n) is 4.91. The minimum atomic E-state index is -0.0669. The lowest BCUT2D eigenvalue weighted by Crippen LogP contribution is -2.39.